The Kier molecular flexibility index (Phi) is 5.22. The third-order valence-electron chi connectivity index (χ3n) is 1.55. The highest BCUT2D eigenvalue weighted by atomic mass is 79.9. The smallest absolute Gasteiger partial charge is 0.144 e. The van der Waals surface area contributed by atoms with Gasteiger partial charge in [-0.05, 0) is 28.9 Å². The summed E-state index contributed by atoms with van der Waals surface area (Å²) >= 11 is 9.24. The fourth-order valence-electron chi connectivity index (χ4n) is 0.931. The van der Waals surface area contributed by atoms with Gasteiger partial charge in [0.2, 0.25) is 0 Å². The molecule has 1 heterocycles. The summed E-state index contributed by atoms with van der Waals surface area (Å²) in [5.74, 6) is 0.689. The van der Waals surface area contributed by atoms with Gasteiger partial charge in [-0.25, -0.2) is 4.98 Å². The number of nitrogens with one attached hydrogen (secondary N) is 1. The molecule has 0 aliphatic heterocycles. The number of aromatic nitrogens is 1. The van der Waals surface area contributed by atoms with Crippen LogP contribution < -0.4 is 5.32 Å². The molecule has 78 valence electrons. The summed E-state index contributed by atoms with van der Waals surface area (Å²) in [5, 5.41) is 3.69. The molecule has 0 spiro atoms. The van der Waals surface area contributed by atoms with Crippen LogP contribution in [0.1, 0.15) is 6.92 Å². The molecule has 0 saturated carbocycles. The van der Waals surface area contributed by atoms with Crippen molar-refractivity contribution < 1.29 is 4.74 Å². The van der Waals surface area contributed by atoms with E-state index < -0.39 is 0 Å². The Labute approximate surface area is 96.9 Å². The molecule has 5 heteroatoms. The SMILES string of the molecule is CCOCCNc1ncc(Br)cc1Cl. The van der Waals surface area contributed by atoms with E-state index in [1.54, 1.807) is 12.3 Å². The largest absolute Gasteiger partial charge is 0.380 e. The van der Waals surface area contributed by atoms with Crippen LogP contribution in [0.15, 0.2) is 16.7 Å². The summed E-state index contributed by atoms with van der Waals surface area (Å²) < 4.78 is 6.05. The predicted octanol–water partition coefficient (Wildman–Crippen LogP) is 2.95. The monoisotopic (exact) mass is 278 g/mol. The van der Waals surface area contributed by atoms with Crippen molar-refractivity contribution in [3.05, 3.63) is 21.8 Å². The van der Waals surface area contributed by atoms with E-state index in [9.17, 15) is 0 Å². The minimum atomic E-state index is 0.607. The Balaban J connectivity index is 2.42. The summed E-state index contributed by atoms with van der Waals surface area (Å²) in [7, 11) is 0. The molecule has 1 aromatic heterocycles. The second kappa shape index (κ2) is 6.22. The maximum absolute atomic E-state index is 5.95. The van der Waals surface area contributed by atoms with E-state index in [0.29, 0.717) is 24.0 Å². The lowest BCUT2D eigenvalue weighted by Crippen LogP contribution is -2.10. The molecule has 0 atom stereocenters. The minimum absolute atomic E-state index is 0.607. The molecule has 0 radical (unpaired) electrons. The molecular weight excluding hydrogens is 267 g/mol. The van der Waals surface area contributed by atoms with Crippen molar-refractivity contribution in [2.75, 3.05) is 25.1 Å². The zero-order valence-corrected chi connectivity index (χ0v) is 10.2. The standard InChI is InChI=1S/C9H12BrClN2O/c1-2-14-4-3-12-9-8(11)5-7(10)6-13-9/h5-6H,2-4H2,1H3,(H,12,13). The molecule has 0 bridgehead atoms. The molecule has 0 aromatic carbocycles. The van der Waals surface area contributed by atoms with Gasteiger partial charge in [0, 0.05) is 23.8 Å². The lowest BCUT2D eigenvalue weighted by molar-refractivity contribution is 0.158. The van der Waals surface area contributed by atoms with Crippen LogP contribution in [0.2, 0.25) is 5.02 Å². The van der Waals surface area contributed by atoms with Gasteiger partial charge < -0.3 is 10.1 Å². The van der Waals surface area contributed by atoms with Gasteiger partial charge in [0.25, 0.3) is 0 Å². The molecule has 0 amide bonds. The average Bonchev–Trinajstić information content (AvgIpc) is 2.15. The highest BCUT2D eigenvalue weighted by Gasteiger charge is 2.00. The van der Waals surface area contributed by atoms with Crippen LogP contribution in [0, 0.1) is 0 Å². The van der Waals surface area contributed by atoms with Crippen molar-refractivity contribution in [3.63, 3.8) is 0 Å². The van der Waals surface area contributed by atoms with Crippen LogP contribution in [0.25, 0.3) is 0 Å². The second-order valence-corrected chi connectivity index (χ2v) is 3.93. The van der Waals surface area contributed by atoms with E-state index in [4.69, 9.17) is 16.3 Å². The first kappa shape index (κ1) is 11.8. The van der Waals surface area contributed by atoms with Crippen LogP contribution in [0.4, 0.5) is 5.82 Å². The minimum Gasteiger partial charge on any atom is -0.380 e. The number of halogens is 2. The maximum atomic E-state index is 5.95. The summed E-state index contributed by atoms with van der Waals surface area (Å²) in [4.78, 5) is 4.13. The Morgan fingerprint density at radius 1 is 1.64 bits per heavy atom. The molecule has 14 heavy (non-hydrogen) atoms. The average molecular weight is 280 g/mol. The summed E-state index contributed by atoms with van der Waals surface area (Å²) in [6, 6.07) is 1.80. The van der Waals surface area contributed by atoms with Gasteiger partial charge in [-0.3, -0.25) is 0 Å². The van der Waals surface area contributed by atoms with Crippen LogP contribution in [-0.4, -0.2) is 24.7 Å². The molecule has 0 saturated heterocycles. The topological polar surface area (TPSA) is 34.1 Å². The fourth-order valence-corrected chi connectivity index (χ4v) is 1.63. The first-order chi connectivity index (χ1) is 6.74. The maximum Gasteiger partial charge on any atom is 0.144 e. The van der Waals surface area contributed by atoms with Crippen molar-refractivity contribution in [1.29, 1.82) is 0 Å². The van der Waals surface area contributed by atoms with Gasteiger partial charge in [0.15, 0.2) is 0 Å². The van der Waals surface area contributed by atoms with E-state index >= 15 is 0 Å². The first-order valence-corrected chi connectivity index (χ1v) is 5.53. The third kappa shape index (κ3) is 3.82. The Morgan fingerprint density at radius 2 is 2.43 bits per heavy atom. The van der Waals surface area contributed by atoms with Gasteiger partial charge in [0.1, 0.15) is 5.82 Å². The van der Waals surface area contributed by atoms with Crippen molar-refractivity contribution in [2.45, 2.75) is 6.92 Å². The second-order valence-electron chi connectivity index (χ2n) is 2.61. The van der Waals surface area contributed by atoms with Crippen LogP contribution >= 0.6 is 27.5 Å². The normalized spacial score (nSPS) is 10.2. The highest BCUT2D eigenvalue weighted by Crippen LogP contribution is 2.22. The Hall–Kier alpha value is -0.320. The summed E-state index contributed by atoms with van der Waals surface area (Å²) in [5.41, 5.74) is 0. The highest BCUT2D eigenvalue weighted by molar-refractivity contribution is 9.10. The molecule has 0 unspecified atom stereocenters. The lowest BCUT2D eigenvalue weighted by Gasteiger charge is -2.07. The van der Waals surface area contributed by atoms with Gasteiger partial charge >= 0.3 is 0 Å². The van der Waals surface area contributed by atoms with Crippen LogP contribution in [-0.2, 0) is 4.74 Å². The number of anilines is 1. The summed E-state index contributed by atoms with van der Waals surface area (Å²) in [6.45, 7) is 4.06. The Bertz CT molecular complexity index is 296. The van der Waals surface area contributed by atoms with Crippen molar-refractivity contribution in [3.8, 4) is 0 Å². The fraction of sp³-hybridized carbons (Fsp3) is 0.444. The number of pyridine rings is 1. The van der Waals surface area contributed by atoms with Crippen LogP contribution in [0.5, 0.6) is 0 Å². The molecule has 1 rings (SSSR count). The number of hydrogen-bond donors (Lipinski definition) is 1. The van der Waals surface area contributed by atoms with E-state index in [1.807, 2.05) is 6.92 Å². The van der Waals surface area contributed by atoms with E-state index in [0.717, 1.165) is 11.1 Å². The zero-order chi connectivity index (χ0) is 10.4. The van der Waals surface area contributed by atoms with E-state index in [2.05, 4.69) is 26.2 Å². The first-order valence-electron chi connectivity index (χ1n) is 4.36. The number of nitrogens with zero attached hydrogens (tertiary/aromatic N) is 1. The molecule has 0 aliphatic rings. The molecule has 1 N–H and O–H groups in total. The molecule has 1 aromatic rings. The molecule has 0 aliphatic carbocycles. The van der Waals surface area contributed by atoms with E-state index in [-0.39, 0.29) is 0 Å². The number of rotatable bonds is 5. The van der Waals surface area contributed by atoms with Crippen molar-refractivity contribution >= 4 is 33.3 Å². The quantitative estimate of drug-likeness (QED) is 0.842. The number of ether oxygens (including phenoxy) is 1. The molecular formula is C9H12BrClN2O. The van der Waals surface area contributed by atoms with Gasteiger partial charge in [-0.2, -0.15) is 0 Å². The van der Waals surface area contributed by atoms with Crippen molar-refractivity contribution in [1.82, 2.24) is 4.98 Å². The predicted molar refractivity (Wildman–Crippen MR) is 61.9 cm³/mol. The molecule has 3 nitrogen and oxygen atoms in total. The van der Waals surface area contributed by atoms with Crippen molar-refractivity contribution in [2.24, 2.45) is 0 Å². The summed E-state index contributed by atoms with van der Waals surface area (Å²) in [6.07, 6.45) is 1.70. The molecule has 0 fully saturated rings. The third-order valence-corrected chi connectivity index (χ3v) is 2.27. The lowest BCUT2D eigenvalue weighted by atomic mass is 10.4. The van der Waals surface area contributed by atoms with E-state index in [1.165, 1.54) is 0 Å². The zero-order valence-electron chi connectivity index (χ0n) is 7.89. The number of hydrogen-bond acceptors (Lipinski definition) is 3. The van der Waals surface area contributed by atoms with Gasteiger partial charge in [-0.1, -0.05) is 11.6 Å². The van der Waals surface area contributed by atoms with Crippen LogP contribution in [0.3, 0.4) is 0 Å². The van der Waals surface area contributed by atoms with Gasteiger partial charge in [0.05, 0.1) is 11.6 Å². The van der Waals surface area contributed by atoms with Gasteiger partial charge in [-0.15, -0.1) is 0 Å². The Morgan fingerprint density at radius 3 is 3.07 bits per heavy atom.